The maximum atomic E-state index is 9.96. The Bertz CT molecular complexity index is 432. The SMILES string of the molecule is CNCC1CCN(Cc2cc(Cl)cc(Cl)c2O)CC1. The van der Waals surface area contributed by atoms with Crippen molar-refractivity contribution < 1.29 is 5.11 Å². The highest BCUT2D eigenvalue weighted by Crippen LogP contribution is 2.32. The lowest BCUT2D eigenvalue weighted by Gasteiger charge is -2.32. The van der Waals surface area contributed by atoms with Crippen LogP contribution in [0, 0.1) is 5.92 Å². The molecule has 0 radical (unpaired) electrons. The van der Waals surface area contributed by atoms with E-state index < -0.39 is 0 Å². The number of phenols is 1. The van der Waals surface area contributed by atoms with Gasteiger partial charge in [-0.1, -0.05) is 23.2 Å². The standard InChI is InChI=1S/C14H20Cl2N2O/c1-17-8-10-2-4-18(5-3-10)9-11-6-12(15)7-13(16)14(11)19/h6-7,10,17,19H,2-5,8-9H2,1H3. The summed E-state index contributed by atoms with van der Waals surface area (Å²) in [7, 11) is 2.00. The molecule has 0 aliphatic carbocycles. The largest absolute Gasteiger partial charge is 0.506 e. The molecular weight excluding hydrogens is 283 g/mol. The highest BCUT2D eigenvalue weighted by atomic mass is 35.5. The summed E-state index contributed by atoms with van der Waals surface area (Å²) in [6.45, 7) is 3.90. The number of rotatable bonds is 4. The van der Waals surface area contributed by atoms with Crippen molar-refractivity contribution in [2.75, 3.05) is 26.7 Å². The van der Waals surface area contributed by atoms with E-state index in [1.807, 2.05) is 7.05 Å². The second kappa shape index (κ2) is 6.80. The van der Waals surface area contributed by atoms with Crippen LogP contribution < -0.4 is 5.32 Å². The van der Waals surface area contributed by atoms with Crippen LogP contribution in [0.5, 0.6) is 5.75 Å². The molecule has 0 atom stereocenters. The first-order valence-electron chi connectivity index (χ1n) is 6.64. The summed E-state index contributed by atoms with van der Waals surface area (Å²) in [5, 5.41) is 14.1. The Balaban J connectivity index is 1.96. The van der Waals surface area contributed by atoms with Crippen LogP contribution in [0.2, 0.25) is 10.0 Å². The van der Waals surface area contributed by atoms with Crippen LogP contribution in [-0.4, -0.2) is 36.7 Å². The summed E-state index contributed by atoms with van der Waals surface area (Å²) in [5.74, 6) is 0.918. The Kier molecular flexibility index (Phi) is 5.34. The fourth-order valence-corrected chi connectivity index (χ4v) is 3.15. The Hall–Kier alpha value is -0.480. The molecule has 1 saturated heterocycles. The lowest BCUT2D eigenvalue weighted by atomic mass is 9.96. The minimum absolute atomic E-state index is 0.156. The van der Waals surface area contributed by atoms with Crippen LogP contribution in [-0.2, 0) is 6.54 Å². The van der Waals surface area contributed by atoms with Crippen LogP contribution in [0.25, 0.3) is 0 Å². The first-order valence-corrected chi connectivity index (χ1v) is 7.39. The highest BCUT2D eigenvalue weighted by Gasteiger charge is 2.20. The molecular formula is C14H20Cl2N2O. The van der Waals surface area contributed by atoms with Crippen molar-refractivity contribution in [3.8, 4) is 5.75 Å². The van der Waals surface area contributed by atoms with Gasteiger partial charge in [0.15, 0.2) is 0 Å². The molecule has 5 heteroatoms. The zero-order valence-corrected chi connectivity index (χ0v) is 12.6. The van der Waals surface area contributed by atoms with Gasteiger partial charge in [0.1, 0.15) is 5.75 Å². The average Bonchev–Trinajstić information content (AvgIpc) is 2.38. The molecule has 3 nitrogen and oxygen atoms in total. The van der Waals surface area contributed by atoms with Crippen molar-refractivity contribution in [3.05, 3.63) is 27.7 Å². The molecule has 0 spiro atoms. The molecule has 1 aromatic rings. The van der Waals surface area contributed by atoms with E-state index in [0.717, 1.165) is 31.1 Å². The molecule has 19 heavy (non-hydrogen) atoms. The Morgan fingerprint density at radius 1 is 1.32 bits per heavy atom. The molecule has 1 aliphatic rings. The molecule has 0 saturated carbocycles. The molecule has 1 aliphatic heterocycles. The third kappa shape index (κ3) is 3.99. The van der Waals surface area contributed by atoms with Gasteiger partial charge in [0, 0.05) is 17.1 Å². The van der Waals surface area contributed by atoms with Crippen molar-refractivity contribution in [1.82, 2.24) is 10.2 Å². The molecule has 1 fully saturated rings. The maximum absolute atomic E-state index is 9.96. The van der Waals surface area contributed by atoms with Gasteiger partial charge in [0.05, 0.1) is 5.02 Å². The molecule has 1 heterocycles. The van der Waals surface area contributed by atoms with Gasteiger partial charge >= 0.3 is 0 Å². The Morgan fingerprint density at radius 2 is 2.00 bits per heavy atom. The summed E-state index contributed by atoms with van der Waals surface area (Å²) in [5.41, 5.74) is 0.810. The molecule has 1 aromatic carbocycles. The number of likely N-dealkylation sites (tertiary alicyclic amines) is 1. The predicted octanol–water partition coefficient (Wildman–Crippen LogP) is 3.13. The van der Waals surface area contributed by atoms with Crippen molar-refractivity contribution in [2.45, 2.75) is 19.4 Å². The van der Waals surface area contributed by atoms with Crippen LogP contribution in [0.4, 0.5) is 0 Å². The molecule has 0 aromatic heterocycles. The number of benzene rings is 1. The van der Waals surface area contributed by atoms with E-state index in [4.69, 9.17) is 23.2 Å². The number of nitrogens with zero attached hydrogens (tertiary/aromatic N) is 1. The summed E-state index contributed by atoms with van der Waals surface area (Å²) < 4.78 is 0. The monoisotopic (exact) mass is 302 g/mol. The molecule has 2 N–H and O–H groups in total. The van der Waals surface area contributed by atoms with E-state index in [1.165, 1.54) is 12.8 Å². The summed E-state index contributed by atoms with van der Waals surface area (Å²) in [6.07, 6.45) is 2.38. The first-order chi connectivity index (χ1) is 9.10. The van der Waals surface area contributed by atoms with Gasteiger partial charge in [0.25, 0.3) is 0 Å². The van der Waals surface area contributed by atoms with Crippen LogP contribution in [0.3, 0.4) is 0 Å². The van der Waals surface area contributed by atoms with Gasteiger partial charge in [-0.05, 0) is 57.6 Å². The summed E-state index contributed by atoms with van der Waals surface area (Å²) >= 11 is 11.9. The Morgan fingerprint density at radius 3 is 2.63 bits per heavy atom. The van der Waals surface area contributed by atoms with Crippen molar-refractivity contribution in [3.63, 3.8) is 0 Å². The number of phenolic OH excluding ortho intramolecular Hbond substituents is 1. The summed E-state index contributed by atoms with van der Waals surface area (Å²) in [4.78, 5) is 2.34. The second-order valence-electron chi connectivity index (χ2n) is 5.17. The minimum atomic E-state index is 0.156. The summed E-state index contributed by atoms with van der Waals surface area (Å²) in [6, 6.07) is 3.36. The quantitative estimate of drug-likeness (QED) is 0.897. The molecule has 106 valence electrons. The van der Waals surface area contributed by atoms with Crippen LogP contribution in [0.1, 0.15) is 18.4 Å². The molecule has 0 amide bonds. The lowest BCUT2D eigenvalue weighted by molar-refractivity contribution is 0.175. The number of aromatic hydroxyl groups is 1. The third-order valence-electron chi connectivity index (χ3n) is 3.70. The van der Waals surface area contributed by atoms with Gasteiger partial charge in [-0.25, -0.2) is 0 Å². The van der Waals surface area contributed by atoms with Crippen molar-refractivity contribution >= 4 is 23.2 Å². The van der Waals surface area contributed by atoms with Gasteiger partial charge in [-0.2, -0.15) is 0 Å². The number of hydrogen-bond donors (Lipinski definition) is 2. The van der Waals surface area contributed by atoms with Crippen LogP contribution in [0.15, 0.2) is 12.1 Å². The molecule has 2 rings (SSSR count). The number of piperidine rings is 1. The fraction of sp³-hybridized carbons (Fsp3) is 0.571. The zero-order valence-electron chi connectivity index (χ0n) is 11.1. The van der Waals surface area contributed by atoms with Gasteiger partial charge < -0.3 is 10.4 Å². The van der Waals surface area contributed by atoms with Crippen molar-refractivity contribution in [1.29, 1.82) is 0 Å². The van der Waals surface area contributed by atoms with E-state index >= 15 is 0 Å². The first kappa shape index (κ1) is 14.9. The minimum Gasteiger partial charge on any atom is -0.506 e. The normalized spacial score (nSPS) is 17.8. The zero-order chi connectivity index (χ0) is 13.8. The van der Waals surface area contributed by atoms with Gasteiger partial charge in [-0.15, -0.1) is 0 Å². The van der Waals surface area contributed by atoms with E-state index in [-0.39, 0.29) is 5.75 Å². The number of nitrogens with one attached hydrogen (secondary N) is 1. The van der Waals surface area contributed by atoms with E-state index in [2.05, 4.69) is 10.2 Å². The second-order valence-corrected chi connectivity index (χ2v) is 6.02. The maximum Gasteiger partial charge on any atom is 0.138 e. The van der Waals surface area contributed by atoms with Crippen molar-refractivity contribution in [2.24, 2.45) is 5.92 Å². The Labute approximate surface area is 124 Å². The average molecular weight is 303 g/mol. The molecule has 0 unspecified atom stereocenters. The van der Waals surface area contributed by atoms with E-state index in [1.54, 1.807) is 12.1 Å². The van der Waals surface area contributed by atoms with E-state index in [0.29, 0.717) is 16.6 Å². The highest BCUT2D eigenvalue weighted by molar-refractivity contribution is 6.35. The lowest BCUT2D eigenvalue weighted by Crippen LogP contribution is -2.36. The third-order valence-corrected chi connectivity index (χ3v) is 4.21. The number of halogens is 2. The van der Waals surface area contributed by atoms with E-state index in [9.17, 15) is 5.11 Å². The number of hydrogen-bond acceptors (Lipinski definition) is 3. The fourth-order valence-electron chi connectivity index (χ4n) is 2.62. The smallest absolute Gasteiger partial charge is 0.138 e. The van der Waals surface area contributed by atoms with Crippen LogP contribution >= 0.6 is 23.2 Å². The molecule has 0 bridgehead atoms. The van der Waals surface area contributed by atoms with Gasteiger partial charge in [-0.3, -0.25) is 4.90 Å². The topological polar surface area (TPSA) is 35.5 Å². The predicted molar refractivity (Wildman–Crippen MR) is 80.1 cm³/mol. The van der Waals surface area contributed by atoms with Gasteiger partial charge in [0.2, 0.25) is 0 Å².